The zero-order valence-electron chi connectivity index (χ0n) is 10.4. The molecule has 0 heterocycles. The summed E-state index contributed by atoms with van der Waals surface area (Å²) in [5.41, 5.74) is 5.89. The van der Waals surface area contributed by atoms with E-state index in [1.54, 1.807) is 32.0 Å². The van der Waals surface area contributed by atoms with E-state index in [1.807, 2.05) is 0 Å². The van der Waals surface area contributed by atoms with Crippen LogP contribution in [0.4, 0.5) is 5.69 Å². The number of thiocarbonyl (C=S) groups is 1. The molecule has 98 valence electrons. The van der Waals surface area contributed by atoms with E-state index < -0.39 is 5.60 Å². The molecule has 0 saturated carbocycles. The fraction of sp³-hybridized carbons (Fsp3) is 0.333. The maximum Gasteiger partial charge on any atom is 0.256 e. The maximum atomic E-state index is 12.0. The zero-order chi connectivity index (χ0) is 13.9. The number of nitrogens with two attached hydrogens (primary N) is 1. The molecule has 0 aliphatic rings. The Morgan fingerprint density at radius 3 is 2.61 bits per heavy atom. The number of methoxy groups -OCH3 is 1. The van der Waals surface area contributed by atoms with Crippen molar-refractivity contribution in [3.05, 3.63) is 28.2 Å². The lowest BCUT2D eigenvalue weighted by molar-refractivity contribution is -0.133. The fourth-order valence-electron chi connectivity index (χ4n) is 1.19. The van der Waals surface area contributed by atoms with Gasteiger partial charge in [0.15, 0.2) is 0 Å². The number of hydrogen-bond acceptors (Lipinski definition) is 3. The van der Waals surface area contributed by atoms with Gasteiger partial charge in [0.25, 0.3) is 5.91 Å². The Labute approximate surface area is 120 Å². The molecule has 1 aromatic carbocycles. The van der Waals surface area contributed by atoms with Gasteiger partial charge >= 0.3 is 0 Å². The molecular formula is C12H15BrN2O2S. The molecule has 0 spiro atoms. The Morgan fingerprint density at radius 2 is 2.11 bits per heavy atom. The largest absolute Gasteiger partial charge is 0.389 e. The van der Waals surface area contributed by atoms with Crippen molar-refractivity contribution < 1.29 is 9.53 Å². The van der Waals surface area contributed by atoms with Gasteiger partial charge in [-0.2, -0.15) is 0 Å². The van der Waals surface area contributed by atoms with Crippen molar-refractivity contribution in [3.63, 3.8) is 0 Å². The summed E-state index contributed by atoms with van der Waals surface area (Å²) in [6.45, 7) is 3.36. The van der Waals surface area contributed by atoms with E-state index in [4.69, 9.17) is 22.7 Å². The molecule has 0 radical (unpaired) electrons. The summed E-state index contributed by atoms with van der Waals surface area (Å²) in [5.74, 6) is -0.259. The van der Waals surface area contributed by atoms with Crippen molar-refractivity contribution in [2.45, 2.75) is 19.4 Å². The standard InChI is InChI=1S/C12H15BrN2O2S/c1-12(2,17-3)11(16)15-9-5-4-7(13)6-8(9)10(14)18/h4-6H,1-3H3,(H2,14,18)(H,15,16). The van der Waals surface area contributed by atoms with Crippen molar-refractivity contribution >= 4 is 44.7 Å². The van der Waals surface area contributed by atoms with Gasteiger partial charge in [-0.1, -0.05) is 28.1 Å². The lowest BCUT2D eigenvalue weighted by atomic mass is 10.1. The molecule has 0 bridgehead atoms. The number of benzene rings is 1. The molecule has 0 saturated heterocycles. The molecule has 6 heteroatoms. The Bertz CT molecular complexity index is 489. The number of halogens is 1. The number of ether oxygens (including phenoxy) is 1. The molecule has 0 atom stereocenters. The van der Waals surface area contributed by atoms with Gasteiger partial charge in [0.05, 0.1) is 5.69 Å². The molecule has 3 N–H and O–H groups in total. The van der Waals surface area contributed by atoms with Gasteiger partial charge in [-0.25, -0.2) is 0 Å². The van der Waals surface area contributed by atoms with Gasteiger partial charge in [-0.3, -0.25) is 4.79 Å². The van der Waals surface area contributed by atoms with E-state index in [9.17, 15) is 4.79 Å². The minimum absolute atomic E-state index is 0.224. The lowest BCUT2D eigenvalue weighted by Gasteiger charge is -2.22. The maximum absolute atomic E-state index is 12.0. The predicted octanol–water partition coefficient (Wildman–Crippen LogP) is 2.45. The van der Waals surface area contributed by atoms with Gasteiger partial charge in [-0.05, 0) is 32.0 Å². The van der Waals surface area contributed by atoms with E-state index >= 15 is 0 Å². The number of nitrogens with one attached hydrogen (secondary N) is 1. The average molecular weight is 331 g/mol. The zero-order valence-corrected chi connectivity index (χ0v) is 12.8. The van der Waals surface area contributed by atoms with Crippen LogP contribution in [-0.4, -0.2) is 23.6 Å². The Morgan fingerprint density at radius 1 is 1.50 bits per heavy atom. The van der Waals surface area contributed by atoms with E-state index in [0.717, 1.165) is 4.47 Å². The van der Waals surface area contributed by atoms with Gasteiger partial charge in [0.1, 0.15) is 10.6 Å². The van der Waals surface area contributed by atoms with Crippen molar-refractivity contribution in [2.75, 3.05) is 12.4 Å². The van der Waals surface area contributed by atoms with Crippen LogP contribution in [0.2, 0.25) is 0 Å². The van der Waals surface area contributed by atoms with Crippen LogP contribution in [0.5, 0.6) is 0 Å². The molecule has 0 aliphatic carbocycles. The minimum Gasteiger partial charge on any atom is -0.389 e. The summed E-state index contributed by atoms with van der Waals surface area (Å²) in [5, 5.41) is 2.76. The highest BCUT2D eigenvalue weighted by molar-refractivity contribution is 9.10. The van der Waals surface area contributed by atoms with Crippen LogP contribution in [0.25, 0.3) is 0 Å². The number of hydrogen-bond donors (Lipinski definition) is 2. The average Bonchev–Trinajstić information content (AvgIpc) is 2.31. The van der Waals surface area contributed by atoms with Crippen LogP contribution < -0.4 is 11.1 Å². The van der Waals surface area contributed by atoms with E-state index in [2.05, 4.69) is 21.2 Å². The third-order valence-corrected chi connectivity index (χ3v) is 3.27. The summed E-state index contributed by atoms with van der Waals surface area (Å²) >= 11 is 8.29. The minimum atomic E-state index is -0.916. The first-order chi connectivity index (χ1) is 8.27. The predicted molar refractivity (Wildman–Crippen MR) is 79.7 cm³/mol. The summed E-state index contributed by atoms with van der Waals surface area (Å²) in [4.78, 5) is 12.2. The van der Waals surface area contributed by atoms with E-state index in [-0.39, 0.29) is 10.9 Å². The third-order valence-electron chi connectivity index (χ3n) is 2.55. The quantitative estimate of drug-likeness (QED) is 0.832. The molecule has 1 amide bonds. The van der Waals surface area contributed by atoms with Crippen molar-refractivity contribution in [2.24, 2.45) is 5.73 Å². The van der Waals surface area contributed by atoms with Crippen LogP contribution in [0.3, 0.4) is 0 Å². The molecule has 4 nitrogen and oxygen atoms in total. The van der Waals surface area contributed by atoms with Crippen molar-refractivity contribution in [3.8, 4) is 0 Å². The Kier molecular flexibility index (Phi) is 4.84. The monoisotopic (exact) mass is 330 g/mol. The topological polar surface area (TPSA) is 64.3 Å². The SMILES string of the molecule is COC(C)(C)C(=O)Nc1ccc(Br)cc1C(N)=S. The van der Waals surface area contributed by atoms with Gasteiger partial charge < -0.3 is 15.8 Å². The van der Waals surface area contributed by atoms with Gasteiger partial charge in [0.2, 0.25) is 0 Å². The van der Waals surface area contributed by atoms with Crippen LogP contribution in [0.1, 0.15) is 19.4 Å². The molecular weight excluding hydrogens is 316 g/mol. The number of anilines is 1. The summed E-state index contributed by atoms with van der Waals surface area (Å²) in [6.07, 6.45) is 0. The van der Waals surface area contributed by atoms with E-state index in [0.29, 0.717) is 11.3 Å². The molecule has 18 heavy (non-hydrogen) atoms. The van der Waals surface area contributed by atoms with Crippen LogP contribution in [0.15, 0.2) is 22.7 Å². The van der Waals surface area contributed by atoms with Gasteiger partial charge in [0, 0.05) is 17.1 Å². The molecule has 0 fully saturated rings. The number of carbonyl (C=O) groups excluding carboxylic acids is 1. The van der Waals surface area contributed by atoms with E-state index in [1.165, 1.54) is 7.11 Å². The number of carbonyl (C=O) groups is 1. The molecule has 1 aromatic rings. The normalized spacial score (nSPS) is 11.1. The highest BCUT2D eigenvalue weighted by Crippen LogP contribution is 2.22. The first-order valence-electron chi connectivity index (χ1n) is 5.24. The second-order valence-corrected chi connectivity index (χ2v) is 5.58. The third kappa shape index (κ3) is 3.51. The lowest BCUT2D eigenvalue weighted by Crippen LogP contribution is -2.39. The number of rotatable bonds is 4. The van der Waals surface area contributed by atoms with Crippen LogP contribution in [0, 0.1) is 0 Å². The van der Waals surface area contributed by atoms with Crippen molar-refractivity contribution in [1.29, 1.82) is 0 Å². The van der Waals surface area contributed by atoms with Gasteiger partial charge in [-0.15, -0.1) is 0 Å². The highest BCUT2D eigenvalue weighted by atomic mass is 79.9. The summed E-state index contributed by atoms with van der Waals surface area (Å²) < 4.78 is 5.95. The first kappa shape index (κ1) is 15.1. The van der Waals surface area contributed by atoms with Crippen LogP contribution >= 0.6 is 28.1 Å². The highest BCUT2D eigenvalue weighted by Gasteiger charge is 2.27. The molecule has 0 unspecified atom stereocenters. The smallest absolute Gasteiger partial charge is 0.256 e. The number of amides is 1. The molecule has 0 aromatic heterocycles. The summed E-state index contributed by atoms with van der Waals surface area (Å²) in [7, 11) is 1.48. The molecule has 0 aliphatic heterocycles. The second kappa shape index (κ2) is 5.77. The summed E-state index contributed by atoms with van der Waals surface area (Å²) in [6, 6.07) is 5.30. The van der Waals surface area contributed by atoms with Crippen molar-refractivity contribution in [1.82, 2.24) is 0 Å². The Balaban J connectivity index is 3.05. The fourth-order valence-corrected chi connectivity index (χ4v) is 1.72. The first-order valence-corrected chi connectivity index (χ1v) is 6.44. The second-order valence-electron chi connectivity index (χ2n) is 4.22. The molecule has 1 rings (SSSR count). The Hall–Kier alpha value is -0.980. The van der Waals surface area contributed by atoms with Crippen LogP contribution in [-0.2, 0) is 9.53 Å².